The summed E-state index contributed by atoms with van der Waals surface area (Å²) in [4.78, 5) is 18.4. The Morgan fingerprint density at radius 2 is 1.50 bits per heavy atom. The molecule has 0 saturated heterocycles. The summed E-state index contributed by atoms with van der Waals surface area (Å²) in [6, 6.07) is 23.0. The number of benzene rings is 3. The zero-order valence-electron chi connectivity index (χ0n) is 26.4. The van der Waals surface area contributed by atoms with Crippen LogP contribution in [-0.4, -0.2) is 52.3 Å². The summed E-state index contributed by atoms with van der Waals surface area (Å²) in [7, 11) is 5.58. The summed E-state index contributed by atoms with van der Waals surface area (Å²) < 4.78 is 0. The van der Waals surface area contributed by atoms with E-state index in [1.165, 1.54) is 6.07 Å². The predicted molar refractivity (Wildman–Crippen MR) is 174 cm³/mol. The number of azo groups is 1. The van der Waals surface area contributed by atoms with Gasteiger partial charge in [-0.2, -0.15) is 15.0 Å². The van der Waals surface area contributed by atoms with Crippen molar-refractivity contribution in [3.8, 4) is 5.75 Å². The maximum absolute atomic E-state index is 9.84. The maximum atomic E-state index is 9.84. The van der Waals surface area contributed by atoms with Crippen molar-refractivity contribution in [3.63, 3.8) is 0 Å². The van der Waals surface area contributed by atoms with Gasteiger partial charge in [0.1, 0.15) is 23.9 Å². The second-order valence-corrected chi connectivity index (χ2v) is 8.13. The van der Waals surface area contributed by atoms with Crippen molar-refractivity contribution >= 4 is 29.1 Å². The van der Waals surface area contributed by atoms with Gasteiger partial charge in [-0.05, 0) is 24.6 Å². The molecule has 0 aliphatic rings. The molecule has 1 aromatic heterocycles. The molecule has 1 heterocycles. The molecule has 44 heavy (non-hydrogen) atoms. The number of nitrogens with one attached hydrogen (secondary N) is 1. The summed E-state index contributed by atoms with van der Waals surface area (Å²) in [5.74, 6) is 2.30. The number of amidine groups is 1. The first-order chi connectivity index (χ1) is 20.9. The Labute approximate surface area is 270 Å². The molecule has 12 nitrogen and oxygen atoms in total. The van der Waals surface area contributed by atoms with Crippen molar-refractivity contribution in [2.24, 2.45) is 15.3 Å². The van der Waals surface area contributed by atoms with E-state index < -0.39 is 0 Å². The smallest absolute Gasteiger partial charge is 0.573 e. The largest absolute Gasteiger partial charge is 1.00 e. The van der Waals surface area contributed by atoms with Gasteiger partial charge in [0.15, 0.2) is 5.84 Å². The molecule has 0 radical (unpaired) electrons. The molecular weight excluding hydrogens is 610 g/mol. The number of phenols is 1. The van der Waals surface area contributed by atoms with E-state index in [0.29, 0.717) is 28.8 Å². The molecule has 0 aliphatic carbocycles. The van der Waals surface area contributed by atoms with E-state index in [1.54, 1.807) is 43.4 Å². The Bertz CT molecular complexity index is 1410. The van der Waals surface area contributed by atoms with Crippen LogP contribution in [0.2, 0.25) is 0 Å². The van der Waals surface area contributed by atoms with Crippen molar-refractivity contribution in [1.29, 1.82) is 0 Å². The fourth-order valence-corrected chi connectivity index (χ4v) is 3.05. The summed E-state index contributed by atoms with van der Waals surface area (Å²) in [6.07, 6.45) is 0. The van der Waals surface area contributed by atoms with E-state index in [2.05, 4.69) is 45.9 Å². The minimum atomic E-state index is -0.00469. The van der Waals surface area contributed by atoms with Gasteiger partial charge in [-0.25, -0.2) is 4.89 Å². The fourth-order valence-electron chi connectivity index (χ4n) is 3.05. The van der Waals surface area contributed by atoms with Crippen molar-refractivity contribution in [2.45, 2.75) is 41.2 Å². The molecule has 3 aromatic carbocycles. The quantitative estimate of drug-likeness (QED) is 0.0434. The predicted octanol–water partition coefficient (Wildman–Crippen LogP) is 7.87. The molecule has 0 spiro atoms. The molecule has 0 saturated carbocycles. The zero-order valence-corrected chi connectivity index (χ0v) is 27.3. The van der Waals surface area contributed by atoms with Gasteiger partial charge in [-0.3, -0.25) is 5.26 Å². The summed E-state index contributed by atoms with van der Waals surface area (Å²) >= 11 is 0. The monoisotopic (exact) mass is 651 g/mol. The molecule has 4 rings (SSSR count). The van der Waals surface area contributed by atoms with Crippen molar-refractivity contribution < 1.29 is 32.3 Å². The normalized spacial score (nSPS) is 10.1. The van der Waals surface area contributed by atoms with Gasteiger partial charge >= 0.3 is 17.1 Å². The molecule has 0 bridgehead atoms. The Hall–Kier alpha value is -4.42. The van der Waals surface area contributed by atoms with Crippen LogP contribution in [0.1, 0.15) is 44.6 Å². The van der Waals surface area contributed by atoms with Crippen molar-refractivity contribution in [2.75, 3.05) is 31.4 Å². The first-order valence-corrected chi connectivity index (χ1v) is 13.9. The van der Waals surface area contributed by atoms with E-state index in [4.69, 9.17) is 5.26 Å². The van der Waals surface area contributed by atoms with Crippen LogP contribution in [0.4, 0.5) is 23.3 Å². The van der Waals surface area contributed by atoms with E-state index >= 15 is 0 Å². The topological polar surface area (TPSA) is 155 Å². The minimum absolute atomic E-state index is 0. The van der Waals surface area contributed by atoms with Gasteiger partial charge in [0.25, 0.3) is 0 Å². The third-order valence-electron chi connectivity index (χ3n) is 4.99. The summed E-state index contributed by atoms with van der Waals surface area (Å²) in [6.45, 7) is 9.84. The summed E-state index contributed by atoms with van der Waals surface area (Å²) in [5.41, 5.74) is 6.48. The molecule has 0 atom stereocenters. The number of phenolic OH excluding ortho intramolecular Hbond substituents is 1. The van der Waals surface area contributed by atoms with E-state index in [1.807, 2.05) is 90.0 Å². The zero-order chi connectivity index (χ0) is 32.0. The number of rotatable bonds is 8. The fraction of sp³-hybridized carbons (Fsp3) is 0.290. The number of hydrogen-bond donors (Lipinski definition) is 3. The Morgan fingerprint density at radius 3 is 2.11 bits per heavy atom. The molecule has 240 valence electrons. The SMILES string of the molecule is CC.CC.CNc1nc(C)nc(N(C)C)n1.OOCc1ccccc1[N-]N=C(N=Nc1ccccc1O)c1ccccc1.[Cu+]. The summed E-state index contributed by atoms with van der Waals surface area (Å²) in [5, 5.41) is 33.9. The number of aryl methyl sites for hydroxylation is 1. The van der Waals surface area contributed by atoms with Gasteiger partial charge < -0.3 is 25.9 Å². The van der Waals surface area contributed by atoms with Gasteiger partial charge in [-0.15, -0.1) is 15.9 Å². The van der Waals surface area contributed by atoms with Crippen LogP contribution >= 0.6 is 0 Å². The van der Waals surface area contributed by atoms with Crippen LogP contribution in [0.15, 0.2) is 94.2 Å². The maximum Gasteiger partial charge on any atom is 1.00 e. The van der Waals surface area contributed by atoms with Crippen LogP contribution in [0.25, 0.3) is 5.43 Å². The van der Waals surface area contributed by atoms with Crippen LogP contribution < -0.4 is 10.2 Å². The standard InChI is InChI=1S/C20H17N4O3.C7H13N5.2C2H6.Cu/c25-19-13-7-6-12-18(19)22-24-20(15-8-2-1-3-9-15)23-21-17-11-5-4-10-16(17)14-27-26;1-5-9-6(8-2)11-7(10-5)12(3)4;2*1-2;/h1-13H,14H2,(H2-,21,22,23,24,25,26);1-4H3,(H,8,9,10,11);2*1-2H3;/q-1;;;;+1. The number of anilines is 2. The molecule has 0 fully saturated rings. The van der Waals surface area contributed by atoms with Crippen LogP contribution in [-0.2, 0) is 28.6 Å². The Balaban J connectivity index is 0.000000915. The molecule has 0 amide bonds. The Morgan fingerprint density at radius 1 is 0.886 bits per heavy atom. The number of para-hydroxylation sites is 1. The van der Waals surface area contributed by atoms with Crippen LogP contribution in [0.3, 0.4) is 0 Å². The van der Waals surface area contributed by atoms with E-state index in [-0.39, 0.29) is 35.3 Å². The number of aromatic hydroxyl groups is 1. The first kappa shape index (κ1) is 39.6. The molecule has 0 aliphatic heterocycles. The third kappa shape index (κ3) is 13.7. The second kappa shape index (κ2) is 23.1. The third-order valence-corrected chi connectivity index (χ3v) is 4.99. The Kier molecular flexibility index (Phi) is 20.8. The average Bonchev–Trinajstić information content (AvgIpc) is 3.05. The van der Waals surface area contributed by atoms with Crippen molar-refractivity contribution in [3.05, 3.63) is 101 Å². The van der Waals surface area contributed by atoms with E-state index in [9.17, 15) is 5.11 Å². The molecule has 0 unspecified atom stereocenters. The first-order valence-electron chi connectivity index (χ1n) is 13.9. The van der Waals surface area contributed by atoms with Gasteiger partial charge in [0.2, 0.25) is 11.9 Å². The number of aromatic nitrogens is 3. The van der Waals surface area contributed by atoms with E-state index in [0.717, 1.165) is 11.4 Å². The van der Waals surface area contributed by atoms with Gasteiger partial charge in [-0.1, -0.05) is 94.4 Å². The molecule has 13 heteroatoms. The number of hydrogen-bond acceptors (Lipinski definition) is 10. The average molecular weight is 652 g/mol. The van der Waals surface area contributed by atoms with Crippen LogP contribution in [0, 0.1) is 6.92 Å². The van der Waals surface area contributed by atoms with Crippen LogP contribution in [0.5, 0.6) is 5.75 Å². The minimum Gasteiger partial charge on any atom is -0.573 e. The second-order valence-electron chi connectivity index (χ2n) is 8.13. The molecular formula is C31H42CuN9O3. The molecule has 3 N–H and O–H groups in total. The van der Waals surface area contributed by atoms with Crippen molar-refractivity contribution in [1.82, 2.24) is 15.0 Å². The molecule has 4 aromatic rings. The van der Waals surface area contributed by atoms with Gasteiger partial charge in [0.05, 0.1) is 0 Å². The number of nitrogens with zero attached hydrogens (tertiary/aromatic N) is 8. The van der Waals surface area contributed by atoms with Gasteiger partial charge in [0, 0.05) is 26.7 Å².